The number of hydrogen-bond donors (Lipinski definition) is 4. The lowest BCUT2D eigenvalue weighted by Crippen LogP contribution is -2.37. The highest BCUT2D eigenvalue weighted by molar-refractivity contribution is 4.74. The molecule has 6 heteroatoms. The fourth-order valence-electron chi connectivity index (χ4n) is 0.740. The van der Waals surface area contributed by atoms with Gasteiger partial charge in [-0.2, -0.15) is 0 Å². The Bertz CT molecular complexity index is 104. The van der Waals surface area contributed by atoms with E-state index < -0.39 is 31.8 Å². The van der Waals surface area contributed by atoms with Crippen molar-refractivity contribution in [2.24, 2.45) is 5.41 Å². The highest BCUT2D eigenvalue weighted by atomic mass is 16.6. The molecule has 6 nitrogen and oxygen atoms in total. The smallest absolute Gasteiger partial charge is 0.0701 e. The summed E-state index contributed by atoms with van der Waals surface area (Å²) in [6.45, 7) is 1.49. The summed E-state index contributed by atoms with van der Waals surface area (Å²) >= 11 is 0. The molecule has 0 unspecified atom stereocenters. The van der Waals surface area contributed by atoms with Crippen molar-refractivity contribution < 1.29 is 29.9 Å². The summed E-state index contributed by atoms with van der Waals surface area (Å²) in [5, 5.41) is 34.0. The van der Waals surface area contributed by atoms with Crippen molar-refractivity contribution in [1.29, 1.82) is 0 Å². The van der Waals surface area contributed by atoms with Gasteiger partial charge in [0.15, 0.2) is 0 Å². The molecule has 0 bridgehead atoms. The largest absolute Gasteiger partial charge is 0.396 e. The average Bonchev–Trinajstić information content (AvgIpc) is 2.36. The number of rotatable bonds is 4. The second-order valence-electron chi connectivity index (χ2n) is 3.36. The van der Waals surface area contributed by atoms with Gasteiger partial charge in [-0.3, -0.25) is 0 Å². The Labute approximate surface area is 89.1 Å². The molecule has 1 aliphatic heterocycles. The van der Waals surface area contributed by atoms with Crippen LogP contribution in [0.5, 0.6) is 0 Å². The minimum atomic E-state index is -1.11. The molecule has 0 spiro atoms. The summed E-state index contributed by atoms with van der Waals surface area (Å²) in [7, 11) is 0. The van der Waals surface area contributed by atoms with Crippen LogP contribution in [-0.4, -0.2) is 73.3 Å². The normalized spacial score (nSPS) is 16.8. The van der Waals surface area contributed by atoms with Crippen LogP contribution in [0.1, 0.15) is 0 Å². The van der Waals surface area contributed by atoms with E-state index in [1.54, 1.807) is 0 Å². The fraction of sp³-hybridized carbons (Fsp3) is 1.00. The van der Waals surface area contributed by atoms with E-state index in [-0.39, 0.29) is 0 Å². The third-order valence-electron chi connectivity index (χ3n) is 2.09. The van der Waals surface area contributed by atoms with Gasteiger partial charge in [-0.15, -0.1) is 0 Å². The molecule has 0 radical (unpaired) electrons. The molecule has 0 saturated carbocycles. The average molecular weight is 224 g/mol. The Morgan fingerprint density at radius 3 is 1.00 bits per heavy atom. The molecular formula is C9H20O6. The molecule has 1 heterocycles. The lowest BCUT2D eigenvalue weighted by molar-refractivity contribution is -0.0334. The predicted molar refractivity (Wildman–Crippen MR) is 52.4 cm³/mol. The third-order valence-corrected chi connectivity index (χ3v) is 2.09. The quantitative estimate of drug-likeness (QED) is 0.440. The molecule has 0 atom stereocenters. The van der Waals surface area contributed by atoms with Crippen LogP contribution in [0.2, 0.25) is 0 Å². The summed E-state index contributed by atoms with van der Waals surface area (Å²) in [6, 6.07) is 0. The van der Waals surface area contributed by atoms with Gasteiger partial charge in [0.05, 0.1) is 58.3 Å². The number of ether oxygens (including phenoxy) is 2. The van der Waals surface area contributed by atoms with Gasteiger partial charge in [0, 0.05) is 0 Å². The third kappa shape index (κ3) is 6.03. The highest BCUT2D eigenvalue weighted by Crippen LogP contribution is 2.11. The van der Waals surface area contributed by atoms with Crippen LogP contribution in [0.4, 0.5) is 0 Å². The molecule has 0 aromatic rings. The molecule has 0 aliphatic carbocycles. The second kappa shape index (κ2) is 9.02. The van der Waals surface area contributed by atoms with E-state index in [2.05, 4.69) is 0 Å². The van der Waals surface area contributed by atoms with E-state index in [0.29, 0.717) is 0 Å². The molecule has 4 N–H and O–H groups in total. The zero-order chi connectivity index (χ0) is 11.6. The van der Waals surface area contributed by atoms with Crippen LogP contribution in [0, 0.1) is 5.41 Å². The van der Waals surface area contributed by atoms with Crippen molar-refractivity contribution in [1.82, 2.24) is 0 Å². The van der Waals surface area contributed by atoms with E-state index in [9.17, 15) is 0 Å². The minimum absolute atomic E-state index is 0.406. The van der Waals surface area contributed by atoms with Crippen LogP contribution in [-0.2, 0) is 9.47 Å². The van der Waals surface area contributed by atoms with Crippen molar-refractivity contribution in [2.45, 2.75) is 0 Å². The Morgan fingerprint density at radius 2 is 0.933 bits per heavy atom. The van der Waals surface area contributed by atoms with Gasteiger partial charge in [-0.25, -0.2) is 0 Å². The number of hydrogen-bond acceptors (Lipinski definition) is 6. The van der Waals surface area contributed by atoms with E-state index in [0.717, 1.165) is 26.4 Å². The molecule has 0 aromatic carbocycles. The van der Waals surface area contributed by atoms with Crippen molar-refractivity contribution >= 4 is 0 Å². The Balaban J connectivity index is 0.000000280. The fourth-order valence-corrected chi connectivity index (χ4v) is 0.740. The molecular weight excluding hydrogens is 204 g/mol. The number of aliphatic hydroxyl groups excluding tert-OH is 4. The van der Waals surface area contributed by atoms with Crippen LogP contribution in [0.3, 0.4) is 0 Å². The first-order chi connectivity index (χ1) is 7.24. The topological polar surface area (TPSA) is 99.4 Å². The van der Waals surface area contributed by atoms with E-state index in [1.807, 2.05) is 0 Å². The molecule has 92 valence electrons. The molecule has 1 saturated heterocycles. The van der Waals surface area contributed by atoms with Gasteiger partial charge in [0.2, 0.25) is 0 Å². The highest BCUT2D eigenvalue weighted by Gasteiger charge is 2.26. The van der Waals surface area contributed by atoms with Gasteiger partial charge >= 0.3 is 0 Å². The molecule has 1 fully saturated rings. The van der Waals surface area contributed by atoms with Crippen LogP contribution in [0.25, 0.3) is 0 Å². The maximum absolute atomic E-state index is 8.50. The summed E-state index contributed by atoms with van der Waals surface area (Å²) in [5.74, 6) is 0. The van der Waals surface area contributed by atoms with Crippen molar-refractivity contribution in [3.05, 3.63) is 0 Å². The van der Waals surface area contributed by atoms with Gasteiger partial charge in [-0.1, -0.05) is 0 Å². The van der Waals surface area contributed by atoms with E-state index in [4.69, 9.17) is 29.9 Å². The monoisotopic (exact) mass is 224 g/mol. The number of aliphatic hydroxyl groups is 4. The van der Waals surface area contributed by atoms with Gasteiger partial charge in [-0.05, 0) is 0 Å². The Hall–Kier alpha value is -0.240. The second-order valence-corrected chi connectivity index (χ2v) is 3.36. The zero-order valence-electron chi connectivity index (χ0n) is 8.76. The predicted octanol–water partition coefficient (Wildman–Crippen LogP) is -2.02. The van der Waals surface area contributed by atoms with Gasteiger partial charge in [0.1, 0.15) is 0 Å². The van der Waals surface area contributed by atoms with Crippen LogP contribution in [0.15, 0.2) is 0 Å². The SMILES string of the molecule is C1COCCO1.OCC(CO)(CO)CO. The van der Waals surface area contributed by atoms with Crippen molar-refractivity contribution in [3.8, 4) is 0 Å². The molecule has 15 heavy (non-hydrogen) atoms. The van der Waals surface area contributed by atoms with Crippen LogP contribution < -0.4 is 0 Å². The summed E-state index contributed by atoms with van der Waals surface area (Å²) in [4.78, 5) is 0. The lowest BCUT2D eigenvalue weighted by atomic mass is 9.93. The van der Waals surface area contributed by atoms with E-state index in [1.165, 1.54) is 0 Å². The molecule has 1 rings (SSSR count). The summed E-state index contributed by atoms with van der Waals surface area (Å²) in [5.41, 5.74) is -1.11. The zero-order valence-corrected chi connectivity index (χ0v) is 8.76. The van der Waals surface area contributed by atoms with Crippen molar-refractivity contribution in [2.75, 3.05) is 52.9 Å². The Kier molecular flexibility index (Phi) is 8.88. The van der Waals surface area contributed by atoms with E-state index >= 15 is 0 Å². The van der Waals surface area contributed by atoms with Gasteiger partial charge in [0.25, 0.3) is 0 Å². The standard InChI is InChI=1S/C5H12O4.C4H8O2/c6-1-5(2-7,3-8)4-9;1-2-6-4-3-5-1/h6-9H,1-4H2;1-4H2. The first-order valence-electron chi connectivity index (χ1n) is 4.83. The first-order valence-corrected chi connectivity index (χ1v) is 4.83. The molecule has 1 aliphatic rings. The maximum Gasteiger partial charge on any atom is 0.0701 e. The van der Waals surface area contributed by atoms with Crippen LogP contribution >= 0.6 is 0 Å². The lowest BCUT2D eigenvalue weighted by Gasteiger charge is -2.23. The molecule has 0 aromatic heterocycles. The summed E-state index contributed by atoms with van der Waals surface area (Å²) < 4.78 is 9.89. The van der Waals surface area contributed by atoms with Gasteiger partial charge < -0.3 is 29.9 Å². The Morgan fingerprint density at radius 1 is 0.667 bits per heavy atom. The minimum Gasteiger partial charge on any atom is -0.396 e. The first kappa shape index (κ1) is 14.8. The maximum atomic E-state index is 8.50. The molecule has 0 amide bonds. The summed E-state index contributed by atoms with van der Waals surface area (Å²) in [6.07, 6.45) is 0. The van der Waals surface area contributed by atoms with Crippen molar-refractivity contribution in [3.63, 3.8) is 0 Å².